The van der Waals surface area contributed by atoms with Crippen LogP contribution in [0.1, 0.15) is 55.2 Å². The van der Waals surface area contributed by atoms with Gasteiger partial charge in [0.2, 0.25) is 5.78 Å². The summed E-state index contributed by atoms with van der Waals surface area (Å²) in [6.07, 6.45) is 5.13. The third-order valence-electron chi connectivity index (χ3n) is 3.72. The van der Waals surface area contributed by atoms with Gasteiger partial charge in [-0.05, 0) is 39.0 Å². The second-order valence-corrected chi connectivity index (χ2v) is 5.91. The predicted molar refractivity (Wildman–Crippen MR) is 91.2 cm³/mol. The quantitative estimate of drug-likeness (QED) is 0.639. The Bertz CT molecular complexity index is 414. The lowest BCUT2D eigenvalue weighted by Crippen LogP contribution is -2.51. The van der Waals surface area contributed by atoms with Crippen molar-refractivity contribution >= 4 is 17.7 Å². The molecule has 136 valence electrons. The van der Waals surface area contributed by atoms with E-state index in [1.807, 2.05) is 6.92 Å². The summed E-state index contributed by atoms with van der Waals surface area (Å²) in [6.45, 7) is 5.32. The van der Waals surface area contributed by atoms with Crippen molar-refractivity contribution in [2.75, 3.05) is 19.7 Å². The van der Waals surface area contributed by atoms with Gasteiger partial charge in [0.25, 0.3) is 5.91 Å². The smallest absolute Gasteiger partial charge is 0.317 e. The first-order valence-electron chi connectivity index (χ1n) is 8.54. The average Bonchev–Trinajstić information content (AvgIpc) is 3.16. The second kappa shape index (κ2) is 10.2. The van der Waals surface area contributed by atoms with Crippen LogP contribution >= 0.6 is 0 Å². The van der Waals surface area contributed by atoms with Gasteiger partial charge in [-0.2, -0.15) is 0 Å². The number of hydrogen-bond acceptors (Lipinski definition) is 4. The van der Waals surface area contributed by atoms with Crippen LogP contribution in [0.15, 0.2) is 0 Å². The van der Waals surface area contributed by atoms with Crippen LogP contribution in [0.2, 0.25) is 0 Å². The fourth-order valence-electron chi connectivity index (χ4n) is 2.36. The summed E-state index contributed by atoms with van der Waals surface area (Å²) in [5, 5.41) is 13.0. The van der Waals surface area contributed by atoms with Crippen LogP contribution in [-0.4, -0.2) is 59.5 Å². The Morgan fingerprint density at radius 3 is 2.26 bits per heavy atom. The van der Waals surface area contributed by atoms with Crippen LogP contribution in [0.3, 0.4) is 0 Å². The number of aliphatic hydroxyl groups excluding tert-OH is 1. The molecule has 1 unspecified atom stereocenters. The van der Waals surface area contributed by atoms with E-state index >= 15 is 0 Å². The third-order valence-corrected chi connectivity index (χ3v) is 3.72. The Morgan fingerprint density at radius 1 is 1.22 bits per heavy atom. The Kier molecular flexibility index (Phi) is 8.61. The summed E-state index contributed by atoms with van der Waals surface area (Å²) in [5.41, 5.74) is 0. The molecule has 1 heterocycles. The fourth-order valence-corrected chi connectivity index (χ4v) is 2.36. The molecule has 7 heteroatoms. The van der Waals surface area contributed by atoms with E-state index in [1.165, 1.54) is 0 Å². The molecule has 0 spiro atoms. The zero-order valence-electron chi connectivity index (χ0n) is 14.1. The third kappa shape index (κ3) is 6.99. The number of hydrogen-bond donors (Lipinski definition) is 3. The number of nitrogens with one attached hydrogen (secondary N) is 2. The number of carbonyl (C=O) groups excluding carboxylic acids is 3. The highest BCUT2D eigenvalue weighted by molar-refractivity contribution is 6.38. The SMILES string of the molecule is CCCC(NC(=O)N1CCCC1)C(=O)C(=O)NC1CC1.CCO.[HH].[HH]. The van der Waals surface area contributed by atoms with E-state index in [0.29, 0.717) is 6.42 Å². The zero-order chi connectivity index (χ0) is 17.2. The van der Waals surface area contributed by atoms with Crippen LogP contribution in [0.25, 0.3) is 0 Å². The topological polar surface area (TPSA) is 98.7 Å². The van der Waals surface area contributed by atoms with Gasteiger partial charge in [-0.25, -0.2) is 4.79 Å². The summed E-state index contributed by atoms with van der Waals surface area (Å²) in [4.78, 5) is 37.6. The standard InChI is InChI=1S/C14H23N3O3.C2H6O.2H2/c1-2-5-11(12(18)13(19)15-10-6-7-10)16-14(20)17-8-3-4-9-17;1-2-3;;/h10-11H,2-9H2,1H3,(H,15,19)(H,16,20);3H,2H2,1H3;2*1H. The molecule has 1 aliphatic heterocycles. The van der Waals surface area contributed by atoms with Crippen LogP contribution in [0.5, 0.6) is 0 Å². The Hall–Kier alpha value is -1.63. The van der Waals surface area contributed by atoms with Crippen molar-refractivity contribution in [3.8, 4) is 0 Å². The molecule has 0 aromatic heterocycles. The zero-order valence-corrected chi connectivity index (χ0v) is 14.1. The molecule has 7 nitrogen and oxygen atoms in total. The molecule has 3 N–H and O–H groups in total. The molecule has 3 amide bonds. The first-order valence-corrected chi connectivity index (χ1v) is 8.54. The molecule has 0 bridgehead atoms. The van der Waals surface area contributed by atoms with E-state index in [0.717, 1.165) is 45.2 Å². The first kappa shape index (κ1) is 19.4. The van der Waals surface area contributed by atoms with Gasteiger partial charge < -0.3 is 20.6 Å². The van der Waals surface area contributed by atoms with Crippen molar-refractivity contribution in [1.82, 2.24) is 15.5 Å². The number of nitrogens with zero attached hydrogens (tertiary/aromatic N) is 1. The van der Waals surface area contributed by atoms with Gasteiger partial charge in [0.1, 0.15) is 0 Å². The maximum absolute atomic E-state index is 12.1. The minimum atomic E-state index is -0.702. The molecule has 0 aromatic rings. The maximum Gasteiger partial charge on any atom is 0.317 e. The van der Waals surface area contributed by atoms with Crippen LogP contribution in [-0.2, 0) is 9.59 Å². The largest absolute Gasteiger partial charge is 0.397 e. The highest BCUT2D eigenvalue weighted by atomic mass is 16.2. The number of Topliss-reactive ketones (excluding diaryl/α,β-unsaturated/α-hetero) is 1. The minimum absolute atomic E-state index is 0. The average molecular weight is 331 g/mol. The number of aliphatic hydroxyl groups is 1. The molecule has 1 saturated carbocycles. The van der Waals surface area contributed by atoms with Crippen molar-refractivity contribution in [2.24, 2.45) is 0 Å². The van der Waals surface area contributed by atoms with Crippen LogP contribution in [0.4, 0.5) is 4.79 Å². The summed E-state index contributed by atoms with van der Waals surface area (Å²) in [5.74, 6) is -1.08. The molecular weight excluding hydrogens is 298 g/mol. The van der Waals surface area contributed by atoms with E-state index in [2.05, 4.69) is 10.6 Å². The van der Waals surface area contributed by atoms with E-state index in [1.54, 1.807) is 11.8 Å². The van der Waals surface area contributed by atoms with Gasteiger partial charge in [-0.15, -0.1) is 0 Å². The van der Waals surface area contributed by atoms with Crippen molar-refractivity contribution in [3.63, 3.8) is 0 Å². The summed E-state index contributed by atoms with van der Waals surface area (Å²) >= 11 is 0. The van der Waals surface area contributed by atoms with E-state index in [4.69, 9.17) is 5.11 Å². The molecule has 1 atom stereocenters. The van der Waals surface area contributed by atoms with Gasteiger partial charge in [0, 0.05) is 28.6 Å². The van der Waals surface area contributed by atoms with Crippen molar-refractivity contribution < 1.29 is 22.3 Å². The molecule has 2 rings (SSSR count). The van der Waals surface area contributed by atoms with E-state index < -0.39 is 17.7 Å². The molecule has 2 fully saturated rings. The highest BCUT2D eigenvalue weighted by Crippen LogP contribution is 2.18. The fraction of sp³-hybridized carbons (Fsp3) is 0.812. The van der Waals surface area contributed by atoms with Crippen molar-refractivity contribution in [2.45, 2.75) is 64.5 Å². The molecule has 0 radical (unpaired) electrons. The van der Waals surface area contributed by atoms with Crippen molar-refractivity contribution in [3.05, 3.63) is 0 Å². The summed E-state index contributed by atoms with van der Waals surface area (Å²) < 4.78 is 0. The van der Waals surface area contributed by atoms with Gasteiger partial charge in [-0.1, -0.05) is 13.3 Å². The highest BCUT2D eigenvalue weighted by Gasteiger charge is 2.32. The van der Waals surface area contributed by atoms with Gasteiger partial charge in [0.15, 0.2) is 0 Å². The number of ketones is 1. The normalized spacial score (nSPS) is 17.8. The van der Waals surface area contributed by atoms with E-state index in [9.17, 15) is 14.4 Å². The lowest BCUT2D eigenvalue weighted by atomic mass is 10.1. The number of carbonyl (C=O) groups is 3. The summed E-state index contributed by atoms with van der Waals surface area (Å²) in [7, 11) is 0. The Balaban J connectivity index is 0. The number of amides is 3. The molecule has 23 heavy (non-hydrogen) atoms. The molecule has 2 aliphatic rings. The van der Waals surface area contributed by atoms with Crippen molar-refractivity contribution in [1.29, 1.82) is 0 Å². The predicted octanol–water partition coefficient (Wildman–Crippen LogP) is 1.30. The minimum Gasteiger partial charge on any atom is -0.397 e. The monoisotopic (exact) mass is 331 g/mol. The molecular formula is C16H33N3O4. The maximum atomic E-state index is 12.1. The number of urea groups is 1. The first-order chi connectivity index (χ1) is 11.0. The Labute approximate surface area is 140 Å². The molecule has 1 aliphatic carbocycles. The van der Waals surface area contributed by atoms with Gasteiger partial charge >= 0.3 is 6.03 Å². The van der Waals surface area contributed by atoms with Crippen LogP contribution < -0.4 is 10.6 Å². The summed E-state index contributed by atoms with van der Waals surface area (Å²) in [6, 6.07) is -0.775. The molecule has 1 saturated heterocycles. The van der Waals surface area contributed by atoms with Crippen LogP contribution in [0, 0.1) is 0 Å². The lowest BCUT2D eigenvalue weighted by Gasteiger charge is -2.21. The Morgan fingerprint density at radius 2 is 1.78 bits per heavy atom. The van der Waals surface area contributed by atoms with E-state index in [-0.39, 0.29) is 21.5 Å². The lowest BCUT2D eigenvalue weighted by molar-refractivity contribution is -0.139. The van der Waals surface area contributed by atoms with Gasteiger partial charge in [-0.3, -0.25) is 9.59 Å². The number of rotatable bonds is 6. The second-order valence-electron chi connectivity index (χ2n) is 5.91. The molecule has 0 aromatic carbocycles. The van der Waals surface area contributed by atoms with Gasteiger partial charge in [0.05, 0.1) is 6.04 Å². The number of likely N-dealkylation sites (tertiary alicyclic amines) is 1.